The minimum absolute atomic E-state index is 0. The first-order valence-corrected chi connectivity index (χ1v) is 9.18. The Kier molecular flexibility index (Phi) is 10.1. The van der Waals surface area contributed by atoms with E-state index in [9.17, 15) is 4.79 Å². The van der Waals surface area contributed by atoms with E-state index in [0.717, 1.165) is 69.0 Å². The Hall–Kier alpha value is -1.37. The number of carbonyl (C=O) groups is 1. The van der Waals surface area contributed by atoms with E-state index in [1.54, 1.807) is 14.2 Å². The van der Waals surface area contributed by atoms with Crippen LogP contribution in [0.1, 0.15) is 25.7 Å². The molecule has 2 fully saturated rings. The van der Waals surface area contributed by atoms with E-state index in [-0.39, 0.29) is 30.7 Å². The van der Waals surface area contributed by atoms with Gasteiger partial charge in [-0.05, 0) is 32.2 Å². The highest BCUT2D eigenvalue weighted by molar-refractivity contribution is 5.85. The second-order valence-electron chi connectivity index (χ2n) is 6.89. The zero-order valence-electron chi connectivity index (χ0n) is 16.0. The lowest BCUT2D eigenvalue weighted by atomic mass is 9.96. The van der Waals surface area contributed by atoms with Gasteiger partial charge in [-0.3, -0.25) is 4.79 Å². The van der Waals surface area contributed by atoms with Crippen LogP contribution in [0.5, 0.6) is 11.5 Å². The molecule has 27 heavy (non-hydrogen) atoms. The van der Waals surface area contributed by atoms with Crippen molar-refractivity contribution >= 4 is 36.4 Å². The average Bonchev–Trinajstić information content (AvgIpc) is 2.68. The molecule has 0 aromatic heterocycles. The standard InChI is InChI=1S/C19H29N3O3.2ClH/c1-24-17-10-16(11-18(12-17)25-2)21-15-5-8-22(9-6-15)19(23)14-4-3-7-20-13-14;;/h10-12,14-15,20-21H,3-9,13H2,1-2H3;2*1H. The van der Waals surface area contributed by atoms with Crippen molar-refractivity contribution in [3.8, 4) is 11.5 Å². The summed E-state index contributed by atoms with van der Waals surface area (Å²) in [5.41, 5.74) is 0.998. The van der Waals surface area contributed by atoms with Gasteiger partial charge in [-0.25, -0.2) is 0 Å². The summed E-state index contributed by atoms with van der Waals surface area (Å²) in [5.74, 6) is 2.05. The Labute approximate surface area is 174 Å². The number of likely N-dealkylation sites (tertiary alicyclic amines) is 1. The van der Waals surface area contributed by atoms with Gasteiger partial charge in [-0.1, -0.05) is 0 Å². The van der Waals surface area contributed by atoms with Gasteiger partial charge in [0.15, 0.2) is 0 Å². The highest BCUT2D eigenvalue weighted by Crippen LogP contribution is 2.27. The first kappa shape index (κ1) is 23.7. The summed E-state index contributed by atoms with van der Waals surface area (Å²) in [6.45, 7) is 3.53. The van der Waals surface area contributed by atoms with Crippen LogP contribution in [0.25, 0.3) is 0 Å². The van der Waals surface area contributed by atoms with E-state index in [0.29, 0.717) is 11.9 Å². The Balaban J connectivity index is 0.00000182. The molecule has 0 aliphatic carbocycles. The first-order valence-electron chi connectivity index (χ1n) is 9.18. The van der Waals surface area contributed by atoms with E-state index in [1.165, 1.54) is 0 Å². The molecule has 0 spiro atoms. The molecule has 2 aliphatic heterocycles. The van der Waals surface area contributed by atoms with Crippen LogP contribution in [0.2, 0.25) is 0 Å². The van der Waals surface area contributed by atoms with Crippen molar-refractivity contribution in [2.45, 2.75) is 31.7 Å². The second-order valence-corrected chi connectivity index (χ2v) is 6.89. The number of amides is 1. The number of hydrogen-bond acceptors (Lipinski definition) is 5. The summed E-state index contributed by atoms with van der Waals surface area (Å²) in [6.07, 6.45) is 4.05. The third-order valence-corrected chi connectivity index (χ3v) is 5.17. The van der Waals surface area contributed by atoms with Crippen molar-refractivity contribution in [1.29, 1.82) is 0 Å². The third kappa shape index (κ3) is 6.33. The lowest BCUT2D eigenvalue weighted by Gasteiger charge is -2.36. The summed E-state index contributed by atoms with van der Waals surface area (Å²) in [4.78, 5) is 14.7. The number of carbonyl (C=O) groups excluding carboxylic acids is 1. The van der Waals surface area contributed by atoms with Gasteiger partial charge >= 0.3 is 0 Å². The Morgan fingerprint density at radius 2 is 1.70 bits per heavy atom. The summed E-state index contributed by atoms with van der Waals surface area (Å²) in [5, 5.41) is 6.89. The highest BCUT2D eigenvalue weighted by Gasteiger charge is 2.29. The first-order chi connectivity index (χ1) is 12.2. The van der Waals surface area contributed by atoms with E-state index < -0.39 is 0 Å². The number of anilines is 1. The maximum atomic E-state index is 12.6. The van der Waals surface area contributed by atoms with E-state index in [1.807, 2.05) is 23.1 Å². The molecular weight excluding hydrogens is 389 g/mol. The number of rotatable bonds is 5. The Morgan fingerprint density at radius 1 is 1.07 bits per heavy atom. The van der Waals surface area contributed by atoms with Gasteiger partial charge < -0.3 is 25.0 Å². The molecule has 2 N–H and O–H groups in total. The van der Waals surface area contributed by atoms with Crippen LogP contribution in [-0.2, 0) is 4.79 Å². The van der Waals surface area contributed by atoms with Crippen LogP contribution in [-0.4, -0.2) is 57.2 Å². The number of methoxy groups -OCH3 is 2. The lowest BCUT2D eigenvalue weighted by molar-refractivity contribution is -0.137. The fraction of sp³-hybridized carbons (Fsp3) is 0.632. The Morgan fingerprint density at radius 3 is 2.22 bits per heavy atom. The number of ether oxygens (including phenoxy) is 2. The van der Waals surface area contributed by atoms with Gasteiger partial charge in [-0.2, -0.15) is 0 Å². The van der Waals surface area contributed by atoms with Gasteiger partial charge in [0.25, 0.3) is 0 Å². The molecule has 8 heteroatoms. The molecule has 0 bridgehead atoms. The molecule has 0 saturated carbocycles. The predicted molar refractivity (Wildman–Crippen MR) is 113 cm³/mol. The highest BCUT2D eigenvalue weighted by atomic mass is 35.5. The Bertz CT molecular complexity index is 567. The molecule has 1 amide bonds. The molecule has 1 unspecified atom stereocenters. The predicted octanol–water partition coefficient (Wildman–Crippen LogP) is 2.95. The van der Waals surface area contributed by atoms with Gasteiger partial charge in [0.05, 0.1) is 20.1 Å². The second kappa shape index (κ2) is 11.5. The molecule has 6 nitrogen and oxygen atoms in total. The zero-order valence-corrected chi connectivity index (χ0v) is 17.7. The van der Waals surface area contributed by atoms with Gasteiger partial charge in [0.1, 0.15) is 11.5 Å². The molecular formula is C19H31Cl2N3O3. The molecule has 3 rings (SSSR count). The molecule has 2 heterocycles. The minimum Gasteiger partial charge on any atom is -0.497 e. The number of halogens is 2. The lowest BCUT2D eigenvalue weighted by Crippen LogP contribution is -2.47. The maximum Gasteiger partial charge on any atom is 0.226 e. The van der Waals surface area contributed by atoms with E-state index in [4.69, 9.17) is 9.47 Å². The molecule has 2 saturated heterocycles. The van der Waals surface area contributed by atoms with Crippen LogP contribution in [0.4, 0.5) is 5.69 Å². The van der Waals surface area contributed by atoms with E-state index in [2.05, 4.69) is 10.6 Å². The van der Waals surface area contributed by atoms with Crippen molar-refractivity contribution in [2.75, 3.05) is 45.7 Å². The van der Waals surface area contributed by atoms with Crippen LogP contribution in [0.15, 0.2) is 18.2 Å². The summed E-state index contributed by atoms with van der Waals surface area (Å²) < 4.78 is 10.6. The minimum atomic E-state index is 0. The summed E-state index contributed by atoms with van der Waals surface area (Å²) in [7, 11) is 3.31. The molecule has 0 radical (unpaired) electrons. The van der Waals surface area contributed by atoms with Gasteiger partial charge in [0.2, 0.25) is 5.91 Å². The number of piperidine rings is 2. The smallest absolute Gasteiger partial charge is 0.226 e. The van der Waals surface area contributed by atoms with Crippen LogP contribution >= 0.6 is 24.8 Å². The maximum absolute atomic E-state index is 12.6. The third-order valence-electron chi connectivity index (χ3n) is 5.17. The van der Waals surface area contributed by atoms with Crippen LogP contribution < -0.4 is 20.1 Å². The van der Waals surface area contributed by atoms with Gasteiger partial charge in [-0.15, -0.1) is 24.8 Å². The SMILES string of the molecule is COc1cc(NC2CCN(C(=O)C3CCCNC3)CC2)cc(OC)c1.Cl.Cl. The van der Waals surface area contributed by atoms with Crippen LogP contribution in [0.3, 0.4) is 0 Å². The zero-order chi connectivity index (χ0) is 17.6. The molecule has 1 atom stereocenters. The molecule has 2 aliphatic rings. The van der Waals surface area contributed by atoms with Crippen molar-refractivity contribution in [3.05, 3.63) is 18.2 Å². The van der Waals surface area contributed by atoms with Crippen molar-refractivity contribution in [2.24, 2.45) is 5.92 Å². The van der Waals surface area contributed by atoms with Crippen molar-refractivity contribution in [3.63, 3.8) is 0 Å². The molecule has 1 aromatic carbocycles. The average molecular weight is 420 g/mol. The van der Waals surface area contributed by atoms with E-state index >= 15 is 0 Å². The number of benzene rings is 1. The largest absolute Gasteiger partial charge is 0.497 e. The normalized spacial score (nSPS) is 20.1. The fourth-order valence-electron chi connectivity index (χ4n) is 3.69. The quantitative estimate of drug-likeness (QED) is 0.767. The molecule has 154 valence electrons. The van der Waals surface area contributed by atoms with Crippen LogP contribution in [0, 0.1) is 5.92 Å². The van der Waals surface area contributed by atoms with Crippen molar-refractivity contribution < 1.29 is 14.3 Å². The molecule has 1 aromatic rings. The summed E-state index contributed by atoms with van der Waals surface area (Å²) in [6, 6.07) is 6.19. The number of nitrogens with one attached hydrogen (secondary N) is 2. The van der Waals surface area contributed by atoms with Gasteiger partial charge in [0, 0.05) is 49.6 Å². The summed E-state index contributed by atoms with van der Waals surface area (Å²) >= 11 is 0. The number of nitrogens with zero attached hydrogens (tertiary/aromatic N) is 1. The fourth-order valence-corrected chi connectivity index (χ4v) is 3.69. The van der Waals surface area contributed by atoms with Crippen molar-refractivity contribution in [1.82, 2.24) is 10.2 Å². The monoisotopic (exact) mass is 419 g/mol. The topological polar surface area (TPSA) is 62.8 Å². The number of hydrogen-bond donors (Lipinski definition) is 2.